The van der Waals surface area contributed by atoms with Crippen LogP contribution in [0.25, 0.3) is 10.2 Å². The van der Waals surface area contributed by atoms with E-state index in [-0.39, 0.29) is 54.9 Å². The van der Waals surface area contributed by atoms with Gasteiger partial charge in [0, 0.05) is 32.1 Å². The largest absolute Gasteiger partial charge is 0.446 e. The first-order valence-electron chi connectivity index (χ1n) is 12.9. The monoisotopic (exact) mass is 572 g/mol. The number of aromatic nitrogens is 1. The van der Waals surface area contributed by atoms with E-state index < -0.39 is 23.9 Å². The third kappa shape index (κ3) is 6.27. The first-order chi connectivity index (χ1) is 19.3. The van der Waals surface area contributed by atoms with Crippen LogP contribution in [0.15, 0.2) is 29.8 Å². The predicted molar refractivity (Wildman–Crippen MR) is 145 cm³/mol. The zero-order valence-electron chi connectivity index (χ0n) is 22.1. The lowest BCUT2D eigenvalue weighted by atomic mass is 9.77. The average molecular weight is 573 g/mol. The second-order valence-corrected chi connectivity index (χ2v) is 10.5. The molecule has 2 aromatic carbocycles. The number of thiazole rings is 1. The summed E-state index contributed by atoms with van der Waals surface area (Å²) in [7, 11) is 1.44. The van der Waals surface area contributed by atoms with Gasteiger partial charge in [0.15, 0.2) is 0 Å². The number of halogens is 2. The number of carbonyl (C=O) groups is 4. The van der Waals surface area contributed by atoms with Crippen molar-refractivity contribution in [3.8, 4) is 0 Å². The first kappa shape index (κ1) is 29.1. The third-order valence-electron chi connectivity index (χ3n) is 7.27. The Labute approximate surface area is 233 Å². The molecule has 3 aromatic rings. The smallest absolute Gasteiger partial charge is 0.407 e. The number of fused-ring (bicyclic) bond motifs is 1. The van der Waals surface area contributed by atoms with E-state index in [0.29, 0.717) is 41.3 Å². The summed E-state index contributed by atoms with van der Waals surface area (Å²) < 4.78 is 35.1. The van der Waals surface area contributed by atoms with Crippen molar-refractivity contribution < 1.29 is 32.7 Å². The summed E-state index contributed by atoms with van der Waals surface area (Å²) in [5.41, 5.74) is 4.21. The van der Waals surface area contributed by atoms with Crippen molar-refractivity contribution in [3.63, 3.8) is 0 Å². The molecule has 1 aromatic heterocycles. The maximum absolute atomic E-state index is 15.1. The Hall–Kier alpha value is -3.93. The number of alkyl carbamates (subject to hydrolysis) is 1. The van der Waals surface area contributed by atoms with E-state index >= 15 is 4.39 Å². The molecule has 1 heterocycles. The van der Waals surface area contributed by atoms with Crippen molar-refractivity contribution in [1.82, 2.24) is 20.5 Å². The van der Waals surface area contributed by atoms with Gasteiger partial charge >= 0.3 is 6.09 Å². The maximum atomic E-state index is 15.1. The number of likely N-dealkylation sites (N-methyl/N-ethyl adjacent to an activating group) is 1. The van der Waals surface area contributed by atoms with E-state index in [4.69, 9.17) is 4.74 Å². The van der Waals surface area contributed by atoms with Gasteiger partial charge in [-0.05, 0) is 54.9 Å². The number of amides is 3. The summed E-state index contributed by atoms with van der Waals surface area (Å²) in [6, 6.07) is 5.44. The fraction of sp³-hybridized carbons (Fsp3) is 0.393. The molecule has 1 aliphatic carbocycles. The van der Waals surface area contributed by atoms with Crippen LogP contribution in [0, 0.1) is 18.6 Å². The highest BCUT2D eigenvalue weighted by Crippen LogP contribution is 2.42. The molecule has 3 amide bonds. The van der Waals surface area contributed by atoms with Gasteiger partial charge in [-0.2, -0.15) is 0 Å². The van der Waals surface area contributed by atoms with Gasteiger partial charge in [0.1, 0.15) is 30.1 Å². The van der Waals surface area contributed by atoms with Gasteiger partial charge < -0.3 is 25.1 Å². The van der Waals surface area contributed by atoms with Gasteiger partial charge in [-0.1, -0.05) is 18.2 Å². The van der Waals surface area contributed by atoms with E-state index in [9.17, 15) is 23.6 Å². The number of benzene rings is 2. The summed E-state index contributed by atoms with van der Waals surface area (Å²) in [6.45, 7) is 1.43. The number of hydrogen-bond donors (Lipinski definition) is 2. The van der Waals surface area contributed by atoms with Gasteiger partial charge in [-0.15, -0.1) is 11.3 Å². The Morgan fingerprint density at radius 1 is 1.20 bits per heavy atom. The Balaban J connectivity index is 1.31. The molecule has 2 N–H and O–H groups in total. The van der Waals surface area contributed by atoms with Crippen LogP contribution in [0.4, 0.5) is 13.6 Å². The zero-order chi connectivity index (χ0) is 28.8. The summed E-state index contributed by atoms with van der Waals surface area (Å²) >= 11 is 1.25. The molecule has 4 rings (SSSR count). The van der Waals surface area contributed by atoms with Gasteiger partial charge in [0.25, 0.3) is 0 Å². The molecule has 9 nitrogen and oxygen atoms in total. The lowest BCUT2D eigenvalue weighted by Gasteiger charge is -2.35. The summed E-state index contributed by atoms with van der Waals surface area (Å²) in [4.78, 5) is 52.6. The number of carbonyl (C=O) groups excluding carboxylic acids is 4. The minimum atomic E-state index is -0.868. The topological polar surface area (TPSA) is 118 Å². The molecule has 1 aliphatic rings. The predicted octanol–water partition coefficient (Wildman–Crippen LogP) is 4.11. The minimum Gasteiger partial charge on any atom is -0.446 e. The minimum absolute atomic E-state index is 0.0247. The van der Waals surface area contributed by atoms with E-state index in [1.807, 2.05) is 0 Å². The molecule has 0 aliphatic heterocycles. The Morgan fingerprint density at radius 2 is 1.95 bits per heavy atom. The molecule has 212 valence electrons. The normalized spacial score (nSPS) is 17.0. The van der Waals surface area contributed by atoms with Crippen LogP contribution < -0.4 is 10.6 Å². The van der Waals surface area contributed by atoms with Crippen molar-refractivity contribution in [3.05, 3.63) is 63.7 Å². The van der Waals surface area contributed by atoms with Crippen molar-refractivity contribution in [2.45, 2.75) is 63.8 Å². The fourth-order valence-electron chi connectivity index (χ4n) is 4.89. The van der Waals surface area contributed by atoms with Crippen LogP contribution in [0.1, 0.15) is 53.9 Å². The van der Waals surface area contributed by atoms with Crippen molar-refractivity contribution >= 4 is 46.3 Å². The third-order valence-corrected chi connectivity index (χ3v) is 8.11. The zero-order valence-corrected chi connectivity index (χ0v) is 22.9. The Bertz CT molecular complexity index is 1410. The Kier molecular flexibility index (Phi) is 9.41. The molecule has 0 bridgehead atoms. The molecule has 0 spiro atoms. The van der Waals surface area contributed by atoms with E-state index in [0.717, 1.165) is 5.56 Å². The highest BCUT2D eigenvalue weighted by atomic mass is 32.1. The number of ether oxygens (including phenoxy) is 1. The van der Waals surface area contributed by atoms with E-state index in [2.05, 4.69) is 15.6 Å². The van der Waals surface area contributed by atoms with Crippen LogP contribution in [0.5, 0.6) is 0 Å². The molecule has 1 atom stereocenters. The molecule has 40 heavy (non-hydrogen) atoms. The van der Waals surface area contributed by atoms with E-state index in [1.54, 1.807) is 24.6 Å². The van der Waals surface area contributed by atoms with Crippen LogP contribution in [0.2, 0.25) is 0 Å². The highest BCUT2D eigenvalue weighted by molar-refractivity contribution is 7.16. The molecule has 1 unspecified atom stereocenters. The first-order valence-corrected chi connectivity index (χ1v) is 13.7. The van der Waals surface area contributed by atoms with Crippen LogP contribution in [0.3, 0.4) is 0 Å². The lowest BCUT2D eigenvalue weighted by Crippen LogP contribution is -2.45. The standard InChI is InChI=1S/C28H30F2N4O5S/c1-16-18(13-34(15-36)23(4-3-9-35)27(37)31-2)6-5-17(24(16)30)12-32-28(38)39-20-10-19(11-20)21-7-8-22(29)26-25(21)33-14-40-26/h5-9,14-15,19-20,23H,3-4,10-13H2,1-2H3,(H,31,37)(H,32,38). The number of rotatable bonds is 12. The Morgan fingerprint density at radius 3 is 2.65 bits per heavy atom. The van der Waals surface area contributed by atoms with Crippen LogP contribution in [-0.2, 0) is 32.2 Å². The number of aldehydes is 1. The summed E-state index contributed by atoms with van der Waals surface area (Å²) in [5.74, 6) is -1.14. The van der Waals surface area contributed by atoms with Crippen molar-refractivity contribution in [2.24, 2.45) is 0 Å². The molecular weight excluding hydrogens is 542 g/mol. The second kappa shape index (κ2) is 12.9. The van der Waals surface area contributed by atoms with Crippen LogP contribution >= 0.6 is 11.3 Å². The molecule has 1 saturated carbocycles. The second-order valence-electron chi connectivity index (χ2n) is 9.69. The van der Waals surface area contributed by atoms with Gasteiger partial charge in [-0.25, -0.2) is 18.6 Å². The summed E-state index contributed by atoms with van der Waals surface area (Å²) in [6.07, 6.45) is 1.63. The lowest BCUT2D eigenvalue weighted by molar-refractivity contribution is -0.133. The molecule has 1 fully saturated rings. The molecule has 12 heteroatoms. The maximum Gasteiger partial charge on any atom is 0.407 e. The molecular formula is C28H30F2N4O5S. The SMILES string of the molecule is CNC(=O)C(CCC=O)N(C=O)Cc1ccc(CNC(=O)OC2CC(c3ccc(F)c4scnc34)C2)c(F)c1C. The number of nitrogens with one attached hydrogen (secondary N) is 2. The quantitative estimate of drug-likeness (QED) is 0.316. The fourth-order valence-corrected chi connectivity index (χ4v) is 5.62. The van der Waals surface area contributed by atoms with Gasteiger partial charge in [-0.3, -0.25) is 9.59 Å². The highest BCUT2D eigenvalue weighted by Gasteiger charge is 2.35. The average Bonchev–Trinajstić information content (AvgIpc) is 3.43. The van der Waals surface area contributed by atoms with Crippen LogP contribution in [-0.4, -0.2) is 53.8 Å². The number of nitrogens with zero attached hydrogens (tertiary/aromatic N) is 2. The van der Waals surface area contributed by atoms with Crippen molar-refractivity contribution in [2.75, 3.05) is 7.05 Å². The summed E-state index contributed by atoms with van der Waals surface area (Å²) in [5, 5.41) is 5.05. The molecule has 0 radical (unpaired) electrons. The van der Waals surface area contributed by atoms with Gasteiger partial charge in [0.2, 0.25) is 12.3 Å². The van der Waals surface area contributed by atoms with Crippen molar-refractivity contribution in [1.29, 1.82) is 0 Å². The van der Waals surface area contributed by atoms with Gasteiger partial charge in [0.05, 0.1) is 15.7 Å². The molecule has 0 saturated heterocycles. The van der Waals surface area contributed by atoms with E-state index in [1.165, 1.54) is 35.4 Å². The number of hydrogen-bond acceptors (Lipinski definition) is 7.